The number of nitrogens with one attached hydrogen (secondary N) is 1. The number of amides is 1. The molecule has 0 saturated heterocycles. The number of unbranched alkanes of at least 4 members (excludes halogenated alkanes) is 1. The van der Waals surface area contributed by atoms with Crippen LogP contribution in [-0.4, -0.2) is 27.0 Å². The molecule has 2 aromatic carbocycles. The number of imidazole rings is 1. The number of benzene rings is 2. The van der Waals surface area contributed by atoms with Gasteiger partial charge < -0.3 is 14.6 Å². The molecule has 0 unspecified atom stereocenters. The zero-order chi connectivity index (χ0) is 19.9. The van der Waals surface area contributed by atoms with E-state index in [1.165, 1.54) is 35.3 Å². The van der Waals surface area contributed by atoms with E-state index in [2.05, 4.69) is 17.2 Å². The first-order chi connectivity index (χ1) is 13.6. The monoisotopic (exact) mass is 380 g/mol. The first kappa shape index (κ1) is 19.1. The number of carbonyl (C=O) groups excluding carboxylic acids is 1. The van der Waals surface area contributed by atoms with Crippen molar-refractivity contribution in [1.29, 1.82) is 0 Å². The summed E-state index contributed by atoms with van der Waals surface area (Å²) in [5, 5.41) is 14.2. The molecule has 1 heterocycles. The highest BCUT2D eigenvalue weighted by molar-refractivity contribution is 6.05. The normalized spacial score (nSPS) is 10.5. The van der Waals surface area contributed by atoms with Gasteiger partial charge in [0.1, 0.15) is 11.4 Å². The Morgan fingerprint density at radius 2 is 2.11 bits per heavy atom. The summed E-state index contributed by atoms with van der Waals surface area (Å²) in [4.78, 5) is 27.5. The Hall–Kier alpha value is -3.68. The molecule has 1 aromatic heterocycles. The van der Waals surface area contributed by atoms with Crippen LogP contribution in [0.3, 0.4) is 0 Å². The van der Waals surface area contributed by atoms with Gasteiger partial charge in [-0.2, -0.15) is 0 Å². The fourth-order valence-electron chi connectivity index (χ4n) is 2.65. The third-order valence-electron chi connectivity index (χ3n) is 4.11. The largest absolute Gasteiger partial charge is 0.491 e. The van der Waals surface area contributed by atoms with Crippen molar-refractivity contribution in [2.75, 3.05) is 11.9 Å². The third-order valence-corrected chi connectivity index (χ3v) is 4.11. The van der Waals surface area contributed by atoms with Crippen molar-refractivity contribution in [2.45, 2.75) is 19.8 Å². The Kier molecular flexibility index (Phi) is 6.01. The zero-order valence-corrected chi connectivity index (χ0v) is 15.4. The molecule has 0 atom stereocenters. The van der Waals surface area contributed by atoms with Gasteiger partial charge >= 0.3 is 0 Å². The molecule has 0 fully saturated rings. The lowest BCUT2D eigenvalue weighted by atomic mass is 10.1. The molecule has 0 aliphatic rings. The Balaban J connectivity index is 1.84. The first-order valence-electron chi connectivity index (χ1n) is 8.90. The van der Waals surface area contributed by atoms with Gasteiger partial charge in [-0.05, 0) is 30.7 Å². The van der Waals surface area contributed by atoms with Crippen LogP contribution in [0.25, 0.3) is 5.69 Å². The van der Waals surface area contributed by atoms with Gasteiger partial charge in [-0.15, -0.1) is 0 Å². The van der Waals surface area contributed by atoms with Gasteiger partial charge in [0.05, 0.1) is 23.5 Å². The maximum atomic E-state index is 12.7. The van der Waals surface area contributed by atoms with Crippen LogP contribution in [0.1, 0.15) is 30.1 Å². The van der Waals surface area contributed by atoms with Crippen LogP contribution < -0.4 is 10.1 Å². The van der Waals surface area contributed by atoms with Crippen molar-refractivity contribution in [3.8, 4) is 11.4 Å². The molecule has 1 N–H and O–H groups in total. The number of nitrogens with zero attached hydrogens (tertiary/aromatic N) is 3. The van der Waals surface area contributed by atoms with Gasteiger partial charge in [0.25, 0.3) is 11.6 Å². The summed E-state index contributed by atoms with van der Waals surface area (Å²) in [7, 11) is 0. The zero-order valence-electron chi connectivity index (χ0n) is 15.4. The van der Waals surface area contributed by atoms with Crippen LogP contribution in [0.5, 0.6) is 5.75 Å². The van der Waals surface area contributed by atoms with Gasteiger partial charge in [0.2, 0.25) is 0 Å². The number of anilines is 1. The van der Waals surface area contributed by atoms with E-state index in [9.17, 15) is 14.9 Å². The van der Waals surface area contributed by atoms with Gasteiger partial charge in [-0.25, -0.2) is 4.98 Å². The molecule has 0 aliphatic carbocycles. The van der Waals surface area contributed by atoms with Crippen molar-refractivity contribution in [1.82, 2.24) is 9.55 Å². The second-order valence-electron chi connectivity index (χ2n) is 6.08. The average molecular weight is 380 g/mol. The Morgan fingerprint density at radius 1 is 1.29 bits per heavy atom. The van der Waals surface area contributed by atoms with Crippen molar-refractivity contribution in [3.05, 3.63) is 76.9 Å². The summed E-state index contributed by atoms with van der Waals surface area (Å²) in [5.41, 5.74) is 0.851. The van der Waals surface area contributed by atoms with Crippen LogP contribution in [0.15, 0.2) is 61.2 Å². The smallest absolute Gasteiger partial charge is 0.294 e. The second kappa shape index (κ2) is 8.81. The summed E-state index contributed by atoms with van der Waals surface area (Å²) >= 11 is 0. The number of nitro benzene ring substituents is 1. The Morgan fingerprint density at radius 3 is 2.82 bits per heavy atom. The van der Waals surface area contributed by atoms with E-state index in [1.807, 2.05) is 6.07 Å². The molecule has 8 nitrogen and oxygen atoms in total. The molecule has 0 saturated carbocycles. The Bertz CT molecular complexity index is 970. The number of para-hydroxylation sites is 2. The fourth-order valence-corrected chi connectivity index (χ4v) is 2.65. The van der Waals surface area contributed by atoms with Gasteiger partial charge in [-0.3, -0.25) is 14.9 Å². The summed E-state index contributed by atoms with van der Waals surface area (Å²) in [6.45, 7) is 2.62. The van der Waals surface area contributed by atoms with Gasteiger partial charge in [0, 0.05) is 24.0 Å². The minimum atomic E-state index is -0.520. The van der Waals surface area contributed by atoms with E-state index >= 15 is 0 Å². The van der Waals surface area contributed by atoms with E-state index in [4.69, 9.17) is 4.74 Å². The molecule has 8 heteroatoms. The van der Waals surface area contributed by atoms with E-state index in [-0.39, 0.29) is 11.3 Å². The van der Waals surface area contributed by atoms with Crippen LogP contribution in [0.4, 0.5) is 11.4 Å². The quantitative estimate of drug-likeness (QED) is 0.358. The average Bonchev–Trinajstić information content (AvgIpc) is 3.23. The number of aromatic nitrogens is 2. The predicted octanol–water partition coefficient (Wildman–Crippen LogP) is 4.21. The number of hydrogen-bond donors (Lipinski definition) is 1. The maximum Gasteiger partial charge on any atom is 0.294 e. The minimum Gasteiger partial charge on any atom is -0.491 e. The molecule has 144 valence electrons. The molecule has 0 radical (unpaired) electrons. The number of hydrogen-bond acceptors (Lipinski definition) is 5. The van der Waals surface area contributed by atoms with Gasteiger partial charge in [0.15, 0.2) is 0 Å². The molecule has 28 heavy (non-hydrogen) atoms. The molecule has 1 amide bonds. The highest BCUT2D eigenvalue weighted by Gasteiger charge is 2.19. The molecule has 0 aliphatic heterocycles. The van der Waals surface area contributed by atoms with E-state index in [0.717, 1.165) is 12.8 Å². The Labute approximate surface area is 161 Å². The standard InChI is InChI=1S/C20H20N4O4/c1-2-3-12-28-19-7-5-4-6-16(19)22-20(25)15-8-9-17(18(13-15)24(26)27)23-11-10-21-14-23/h4-11,13-14H,2-3,12H2,1H3,(H,22,25). The molecule has 0 bridgehead atoms. The van der Waals surface area contributed by atoms with E-state index in [0.29, 0.717) is 23.7 Å². The fraction of sp³-hybridized carbons (Fsp3) is 0.200. The predicted molar refractivity (Wildman–Crippen MR) is 105 cm³/mol. The lowest BCUT2D eigenvalue weighted by Crippen LogP contribution is -2.14. The molecule has 0 spiro atoms. The number of ether oxygens (including phenoxy) is 1. The van der Waals surface area contributed by atoms with Crippen LogP contribution in [-0.2, 0) is 0 Å². The number of nitro groups is 1. The highest BCUT2D eigenvalue weighted by Crippen LogP contribution is 2.27. The maximum absolute atomic E-state index is 12.7. The van der Waals surface area contributed by atoms with Gasteiger partial charge in [-0.1, -0.05) is 25.5 Å². The lowest BCUT2D eigenvalue weighted by molar-refractivity contribution is -0.384. The van der Waals surface area contributed by atoms with Crippen molar-refractivity contribution in [2.24, 2.45) is 0 Å². The summed E-state index contributed by atoms with van der Waals surface area (Å²) in [6, 6.07) is 11.4. The third kappa shape index (κ3) is 4.35. The van der Waals surface area contributed by atoms with E-state index < -0.39 is 10.8 Å². The van der Waals surface area contributed by atoms with Crippen LogP contribution >= 0.6 is 0 Å². The second-order valence-corrected chi connectivity index (χ2v) is 6.08. The van der Waals surface area contributed by atoms with Crippen LogP contribution in [0, 0.1) is 10.1 Å². The molecule has 3 rings (SSSR count). The first-order valence-corrected chi connectivity index (χ1v) is 8.90. The topological polar surface area (TPSA) is 99.3 Å². The molecular weight excluding hydrogens is 360 g/mol. The summed E-state index contributed by atoms with van der Waals surface area (Å²) < 4.78 is 7.24. The number of carbonyl (C=O) groups is 1. The minimum absolute atomic E-state index is 0.180. The number of rotatable bonds is 8. The molecule has 3 aromatic rings. The lowest BCUT2D eigenvalue weighted by Gasteiger charge is -2.12. The summed E-state index contributed by atoms with van der Waals surface area (Å²) in [6.07, 6.45) is 6.50. The highest BCUT2D eigenvalue weighted by atomic mass is 16.6. The van der Waals surface area contributed by atoms with Crippen molar-refractivity contribution < 1.29 is 14.5 Å². The van der Waals surface area contributed by atoms with Crippen LogP contribution in [0.2, 0.25) is 0 Å². The summed E-state index contributed by atoms with van der Waals surface area (Å²) in [5.74, 6) is 0.112. The van der Waals surface area contributed by atoms with Crippen molar-refractivity contribution in [3.63, 3.8) is 0 Å². The van der Waals surface area contributed by atoms with E-state index in [1.54, 1.807) is 24.4 Å². The van der Waals surface area contributed by atoms with Crippen molar-refractivity contribution >= 4 is 17.3 Å². The SMILES string of the molecule is CCCCOc1ccccc1NC(=O)c1ccc(-n2ccnc2)c([N+](=O)[O-])c1. The molecular formula is C20H20N4O4.